The van der Waals surface area contributed by atoms with Gasteiger partial charge in [0.15, 0.2) is 0 Å². The Morgan fingerprint density at radius 3 is 2.43 bits per heavy atom. The van der Waals surface area contributed by atoms with E-state index in [0.717, 1.165) is 42.7 Å². The van der Waals surface area contributed by atoms with Crippen molar-refractivity contribution in [2.24, 2.45) is 5.41 Å². The van der Waals surface area contributed by atoms with Gasteiger partial charge in [0.2, 0.25) is 0 Å². The van der Waals surface area contributed by atoms with Crippen LogP contribution in [0.3, 0.4) is 0 Å². The van der Waals surface area contributed by atoms with E-state index in [4.69, 9.17) is 9.47 Å². The van der Waals surface area contributed by atoms with Crippen LogP contribution in [0.4, 0.5) is 0 Å². The summed E-state index contributed by atoms with van der Waals surface area (Å²) in [7, 11) is 3.31. The maximum Gasteiger partial charge on any atom is 0.122 e. The van der Waals surface area contributed by atoms with Crippen molar-refractivity contribution < 1.29 is 19.7 Å². The molecule has 0 saturated heterocycles. The van der Waals surface area contributed by atoms with Crippen molar-refractivity contribution in [1.82, 2.24) is 0 Å². The first-order valence-corrected chi connectivity index (χ1v) is 8.35. The summed E-state index contributed by atoms with van der Waals surface area (Å²) in [6, 6.07) is 5.96. The van der Waals surface area contributed by atoms with Crippen molar-refractivity contribution in [3.8, 4) is 11.5 Å². The van der Waals surface area contributed by atoms with Gasteiger partial charge < -0.3 is 19.7 Å². The Hall–Kier alpha value is -1.52. The first-order valence-electron chi connectivity index (χ1n) is 8.35. The third-order valence-electron chi connectivity index (χ3n) is 5.35. The van der Waals surface area contributed by atoms with E-state index in [-0.39, 0.29) is 5.41 Å². The summed E-state index contributed by atoms with van der Waals surface area (Å²) in [6.45, 7) is 0. The van der Waals surface area contributed by atoms with E-state index in [0.29, 0.717) is 6.42 Å². The Morgan fingerprint density at radius 2 is 1.78 bits per heavy atom. The highest BCUT2D eigenvalue weighted by atomic mass is 16.5. The molecule has 0 aromatic heterocycles. The summed E-state index contributed by atoms with van der Waals surface area (Å²) in [4.78, 5) is 0. The second-order valence-corrected chi connectivity index (χ2v) is 6.84. The monoisotopic (exact) mass is 318 g/mol. The summed E-state index contributed by atoms with van der Waals surface area (Å²) < 4.78 is 10.7. The van der Waals surface area contributed by atoms with E-state index < -0.39 is 12.2 Å². The molecule has 0 amide bonds. The number of allylic oxidation sites excluding steroid dienone is 1. The predicted molar refractivity (Wildman–Crippen MR) is 88.9 cm³/mol. The topological polar surface area (TPSA) is 58.9 Å². The average molecular weight is 318 g/mol. The lowest BCUT2D eigenvalue weighted by Gasteiger charge is -2.45. The van der Waals surface area contributed by atoms with Gasteiger partial charge in [-0.3, -0.25) is 0 Å². The van der Waals surface area contributed by atoms with Gasteiger partial charge in [-0.1, -0.05) is 18.1 Å². The highest BCUT2D eigenvalue weighted by Crippen LogP contribution is 2.50. The van der Waals surface area contributed by atoms with Gasteiger partial charge in [0, 0.05) is 6.07 Å². The highest BCUT2D eigenvalue weighted by molar-refractivity contribution is 5.40. The zero-order chi connectivity index (χ0) is 16.4. The summed E-state index contributed by atoms with van der Waals surface area (Å²) in [6.07, 6.45) is 6.37. The number of ether oxygens (including phenoxy) is 2. The van der Waals surface area contributed by atoms with Crippen molar-refractivity contribution in [2.75, 3.05) is 14.2 Å². The van der Waals surface area contributed by atoms with Crippen LogP contribution in [-0.4, -0.2) is 36.6 Å². The Labute approximate surface area is 137 Å². The minimum Gasteiger partial charge on any atom is -0.497 e. The highest BCUT2D eigenvalue weighted by Gasteiger charge is 2.42. The summed E-state index contributed by atoms with van der Waals surface area (Å²) in [5, 5.41) is 20.2. The quantitative estimate of drug-likeness (QED) is 0.838. The van der Waals surface area contributed by atoms with Gasteiger partial charge in [-0.05, 0) is 55.2 Å². The van der Waals surface area contributed by atoms with Gasteiger partial charge >= 0.3 is 0 Å². The molecule has 2 aliphatic carbocycles. The van der Waals surface area contributed by atoms with Crippen LogP contribution in [0, 0.1) is 5.41 Å². The van der Waals surface area contributed by atoms with Crippen LogP contribution in [0.15, 0.2) is 29.8 Å². The smallest absolute Gasteiger partial charge is 0.122 e. The SMILES string of the molecule is COc1cc(C[C@@]23CCCCC2=CC(O)C(O)C3)cc(OC)c1. The Balaban J connectivity index is 1.94. The van der Waals surface area contributed by atoms with Crippen LogP contribution in [-0.2, 0) is 6.42 Å². The van der Waals surface area contributed by atoms with Crippen LogP contribution >= 0.6 is 0 Å². The third-order valence-corrected chi connectivity index (χ3v) is 5.35. The van der Waals surface area contributed by atoms with E-state index in [1.165, 1.54) is 12.0 Å². The average Bonchev–Trinajstić information content (AvgIpc) is 2.55. The van der Waals surface area contributed by atoms with Crippen molar-refractivity contribution in [1.29, 1.82) is 0 Å². The molecule has 0 bridgehead atoms. The van der Waals surface area contributed by atoms with Gasteiger partial charge in [-0.2, -0.15) is 0 Å². The molecule has 2 N–H and O–H groups in total. The van der Waals surface area contributed by atoms with E-state index in [1.807, 2.05) is 24.3 Å². The zero-order valence-corrected chi connectivity index (χ0v) is 13.9. The standard InChI is InChI=1S/C19H26O4/c1-22-15-7-13(8-16(10-15)23-2)11-19-6-4-3-5-14(19)9-17(20)18(21)12-19/h7-10,17-18,20-21H,3-6,11-12H2,1-2H3/t17?,18?,19-/m1/s1. The van der Waals surface area contributed by atoms with E-state index in [1.54, 1.807) is 14.2 Å². The lowest BCUT2D eigenvalue weighted by Crippen LogP contribution is -2.42. The molecule has 0 radical (unpaired) electrons. The molecule has 4 heteroatoms. The molecule has 0 heterocycles. The fourth-order valence-electron chi connectivity index (χ4n) is 4.17. The van der Waals surface area contributed by atoms with E-state index in [9.17, 15) is 10.2 Å². The summed E-state index contributed by atoms with van der Waals surface area (Å²) in [5.74, 6) is 1.57. The fourth-order valence-corrected chi connectivity index (χ4v) is 4.17. The number of benzene rings is 1. The fraction of sp³-hybridized carbons (Fsp3) is 0.579. The molecular formula is C19H26O4. The van der Waals surface area contributed by atoms with Gasteiger partial charge in [0.1, 0.15) is 11.5 Å². The number of hydrogen-bond donors (Lipinski definition) is 2. The van der Waals surface area contributed by atoms with Gasteiger partial charge in [-0.25, -0.2) is 0 Å². The molecule has 2 unspecified atom stereocenters. The first-order chi connectivity index (χ1) is 11.1. The second-order valence-electron chi connectivity index (χ2n) is 6.84. The van der Waals surface area contributed by atoms with Crippen molar-refractivity contribution in [3.05, 3.63) is 35.4 Å². The van der Waals surface area contributed by atoms with Crippen molar-refractivity contribution in [3.63, 3.8) is 0 Å². The molecule has 4 nitrogen and oxygen atoms in total. The van der Waals surface area contributed by atoms with Crippen LogP contribution in [0.25, 0.3) is 0 Å². The molecule has 1 saturated carbocycles. The van der Waals surface area contributed by atoms with Crippen molar-refractivity contribution in [2.45, 2.75) is 50.7 Å². The lowest BCUT2D eigenvalue weighted by molar-refractivity contribution is -0.000947. The maximum absolute atomic E-state index is 10.2. The number of hydrogen-bond acceptors (Lipinski definition) is 4. The zero-order valence-electron chi connectivity index (χ0n) is 13.9. The molecule has 0 aliphatic heterocycles. The molecule has 1 aromatic carbocycles. The minimum absolute atomic E-state index is 0.0473. The van der Waals surface area contributed by atoms with Crippen molar-refractivity contribution >= 4 is 0 Å². The number of aliphatic hydroxyl groups is 2. The van der Waals surface area contributed by atoms with E-state index >= 15 is 0 Å². The number of rotatable bonds is 4. The van der Waals surface area contributed by atoms with Gasteiger partial charge in [0.25, 0.3) is 0 Å². The second kappa shape index (κ2) is 6.54. The molecule has 0 spiro atoms. The molecule has 1 fully saturated rings. The first kappa shape index (κ1) is 16.3. The van der Waals surface area contributed by atoms with E-state index in [2.05, 4.69) is 0 Å². The molecular weight excluding hydrogens is 292 g/mol. The largest absolute Gasteiger partial charge is 0.497 e. The molecule has 23 heavy (non-hydrogen) atoms. The normalized spacial score (nSPS) is 30.3. The molecule has 1 aromatic rings. The predicted octanol–water partition coefficient (Wildman–Crippen LogP) is 2.86. The van der Waals surface area contributed by atoms with Crippen LogP contribution in [0.2, 0.25) is 0 Å². The number of aliphatic hydroxyl groups excluding tert-OH is 2. The van der Waals surface area contributed by atoms with Gasteiger partial charge in [-0.15, -0.1) is 0 Å². The molecule has 126 valence electrons. The Morgan fingerprint density at radius 1 is 1.09 bits per heavy atom. The van der Waals surface area contributed by atoms with Crippen LogP contribution in [0.5, 0.6) is 11.5 Å². The molecule has 2 aliphatic rings. The summed E-state index contributed by atoms with van der Waals surface area (Å²) in [5.41, 5.74) is 2.41. The summed E-state index contributed by atoms with van der Waals surface area (Å²) >= 11 is 0. The number of fused-ring (bicyclic) bond motifs is 1. The van der Waals surface area contributed by atoms with Gasteiger partial charge in [0.05, 0.1) is 26.4 Å². The molecule has 3 rings (SSSR count). The minimum atomic E-state index is -0.726. The maximum atomic E-state index is 10.2. The number of methoxy groups -OCH3 is 2. The van der Waals surface area contributed by atoms with Crippen LogP contribution in [0.1, 0.15) is 37.7 Å². The Kier molecular flexibility index (Phi) is 4.64. The third kappa shape index (κ3) is 3.24. The Bertz CT molecular complexity index is 573. The molecule has 3 atom stereocenters. The van der Waals surface area contributed by atoms with Crippen LogP contribution < -0.4 is 9.47 Å². The lowest BCUT2D eigenvalue weighted by atomic mass is 9.61.